The highest BCUT2D eigenvalue weighted by atomic mass is 79.9. The molecule has 0 aliphatic heterocycles. The average Bonchev–Trinajstić information content (AvgIpc) is 2.91. The van der Waals surface area contributed by atoms with Gasteiger partial charge in [0.25, 0.3) is 11.6 Å². The fraction of sp³-hybridized carbons (Fsp3) is 0.154. The van der Waals surface area contributed by atoms with E-state index in [4.69, 9.17) is 0 Å². The van der Waals surface area contributed by atoms with Crippen LogP contribution in [-0.4, -0.2) is 21.1 Å². The molecule has 0 unspecified atom stereocenters. The number of aromatic nitrogens is 1. The first-order valence-corrected chi connectivity index (χ1v) is 7.01. The minimum absolute atomic E-state index is 0.136. The first kappa shape index (κ1) is 14.3. The van der Waals surface area contributed by atoms with Gasteiger partial charge in [0.15, 0.2) is 0 Å². The van der Waals surface area contributed by atoms with Crippen molar-refractivity contribution in [3.05, 3.63) is 57.9 Å². The molecule has 0 fully saturated rings. The topological polar surface area (TPSA) is 88.0 Å². The van der Waals surface area contributed by atoms with Gasteiger partial charge in [-0.2, -0.15) is 0 Å². The molecule has 2 rings (SSSR count). The minimum Gasteiger partial charge on any atom is -0.351 e. The number of nitrogens with zero attached hydrogens (tertiary/aromatic N) is 1. The number of H-pyrrole nitrogens is 1. The summed E-state index contributed by atoms with van der Waals surface area (Å²) in [6.45, 7) is 0. The van der Waals surface area contributed by atoms with Gasteiger partial charge in [0, 0.05) is 17.1 Å². The zero-order valence-corrected chi connectivity index (χ0v) is 12.0. The lowest BCUT2D eigenvalue weighted by Gasteiger charge is -2.04. The van der Waals surface area contributed by atoms with E-state index in [9.17, 15) is 14.9 Å². The van der Waals surface area contributed by atoms with E-state index in [1.807, 2.05) is 12.1 Å². The Morgan fingerprint density at radius 1 is 1.35 bits per heavy atom. The SMILES string of the molecule is O=C(Nc1ccc(CCBr)cc1)c1cc([N+](=O)[O-])c[nH]1. The van der Waals surface area contributed by atoms with Crippen molar-refractivity contribution in [3.63, 3.8) is 0 Å². The molecule has 104 valence electrons. The number of carbonyl (C=O) groups excluding carboxylic acids is 1. The molecule has 7 heteroatoms. The second-order valence-corrected chi connectivity index (χ2v) is 4.91. The summed E-state index contributed by atoms with van der Waals surface area (Å²) in [7, 11) is 0. The number of rotatable bonds is 5. The Balaban J connectivity index is 2.04. The van der Waals surface area contributed by atoms with E-state index < -0.39 is 10.8 Å². The number of anilines is 1. The van der Waals surface area contributed by atoms with Crippen LogP contribution in [0.15, 0.2) is 36.5 Å². The number of carbonyl (C=O) groups is 1. The molecule has 0 atom stereocenters. The number of aryl methyl sites for hydroxylation is 1. The second-order valence-electron chi connectivity index (χ2n) is 4.12. The third kappa shape index (κ3) is 3.45. The molecule has 1 amide bonds. The second kappa shape index (κ2) is 6.33. The number of nitrogens with one attached hydrogen (secondary N) is 2. The molecule has 1 aromatic heterocycles. The molecule has 1 heterocycles. The van der Waals surface area contributed by atoms with Crippen molar-refractivity contribution in [2.45, 2.75) is 6.42 Å². The lowest BCUT2D eigenvalue weighted by atomic mass is 10.1. The van der Waals surface area contributed by atoms with Crippen LogP contribution in [0.2, 0.25) is 0 Å². The van der Waals surface area contributed by atoms with Crippen molar-refractivity contribution in [1.82, 2.24) is 4.98 Å². The molecule has 2 aromatic rings. The lowest BCUT2D eigenvalue weighted by Crippen LogP contribution is -2.12. The number of nitro groups is 1. The van der Waals surface area contributed by atoms with Crippen LogP contribution in [0.4, 0.5) is 11.4 Å². The number of aromatic amines is 1. The molecule has 0 spiro atoms. The van der Waals surface area contributed by atoms with Crippen molar-refractivity contribution in [2.75, 3.05) is 10.6 Å². The van der Waals surface area contributed by atoms with Crippen LogP contribution >= 0.6 is 15.9 Å². The van der Waals surface area contributed by atoms with E-state index in [1.165, 1.54) is 12.3 Å². The largest absolute Gasteiger partial charge is 0.351 e. The van der Waals surface area contributed by atoms with Crippen molar-refractivity contribution in [2.24, 2.45) is 0 Å². The monoisotopic (exact) mass is 337 g/mol. The number of amides is 1. The highest BCUT2D eigenvalue weighted by Crippen LogP contribution is 2.15. The van der Waals surface area contributed by atoms with Crippen LogP contribution in [0.3, 0.4) is 0 Å². The van der Waals surface area contributed by atoms with Gasteiger partial charge in [-0.05, 0) is 24.1 Å². The van der Waals surface area contributed by atoms with Gasteiger partial charge in [-0.15, -0.1) is 0 Å². The van der Waals surface area contributed by atoms with Gasteiger partial charge in [0.1, 0.15) is 5.69 Å². The van der Waals surface area contributed by atoms with E-state index in [2.05, 4.69) is 26.2 Å². The number of alkyl halides is 1. The molecule has 0 radical (unpaired) electrons. The molecule has 1 aromatic carbocycles. The van der Waals surface area contributed by atoms with Gasteiger partial charge >= 0.3 is 0 Å². The zero-order chi connectivity index (χ0) is 14.5. The van der Waals surface area contributed by atoms with Crippen molar-refractivity contribution >= 4 is 33.2 Å². The van der Waals surface area contributed by atoms with Crippen molar-refractivity contribution in [3.8, 4) is 0 Å². The summed E-state index contributed by atoms with van der Waals surface area (Å²) in [6.07, 6.45) is 2.10. The minimum atomic E-state index is -0.553. The lowest BCUT2D eigenvalue weighted by molar-refractivity contribution is -0.384. The molecular weight excluding hydrogens is 326 g/mol. The summed E-state index contributed by atoms with van der Waals surface area (Å²) in [5, 5.41) is 14.1. The van der Waals surface area contributed by atoms with Crippen LogP contribution in [0, 0.1) is 10.1 Å². The van der Waals surface area contributed by atoms with Crippen LogP contribution in [0.1, 0.15) is 16.1 Å². The Hall–Kier alpha value is -2.15. The summed E-state index contributed by atoms with van der Waals surface area (Å²) < 4.78 is 0. The fourth-order valence-electron chi connectivity index (χ4n) is 1.68. The van der Waals surface area contributed by atoms with Gasteiger partial charge in [0.2, 0.25) is 0 Å². The van der Waals surface area contributed by atoms with Crippen molar-refractivity contribution in [1.29, 1.82) is 0 Å². The van der Waals surface area contributed by atoms with Crippen LogP contribution in [-0.2, 0) is 6.42 Å². The first-order valence-electron chi connectivity index (χ1n) is 5.89. The Morgan fingerprint density at radius 2 is 2.05 bits per heavy atom. The Kier molecular flexibility index (Phi) is 4.52. The van der Waals surface area contributed by atoms with E-state index in [-0.39, 0.29) is 11.4 Å². The third-order valence-corrected chi connectivity index (χ3v) is 3.11. The number of hydrogen-bond donors (Lipinski definition) is 2. The normalized spacial score (nSPS) is 10.2. The van der Waals surface area contributed by atoms with E-state index in [1.54, 1.807) is 12.1 Å². The molecular formula is C13H12BrN3O3. The summed E-state index contributed by atoms with van der Waals surface area (Å²) in [5.41, 5.74) is 1.82. The van der Waals surface area contributed by atoms with E-state index in [0.717, 1.165) is 17.3 Å². The van der Waals surface area contributed by atoms with Crippen molar-refractivity contribution < 1.29 is 9.72 Å². The Morgan fingerprint density at radius 3 is 2.60 bits per heavy atom. The van der Waals surface area contributed by atoms with E-state index in [0.29, 0.717) is 5.69 Å². The predicted octanol–water partition coefficient (Wildman–Crippen LogP) is 3.11. The first-order chi connectivity index (χ1) is 9.60. The van der Waals surface area contributed by atoms with E-state index >= 15 is 0 Å². The Bertz CT molecular complexity index is 622. The summed E-state index contributed by atoms with van der Waals surface area (Å²) >= 11 is 3.36. The molecule has 0 aliphatic rings. The summed E-state index contributed by atoms with van der Waals surface area (Å²) in [5.74, 6) is -0.411. The Labute approximate surface area is 123 Å². The maximum Gasteiger partial charge on any atom is 0.287 e. The summed E-state index contributed by atoms with van der Waals surface area (Å²) in [6, 6.07) is 8.65. The number of benzene rings is 1. The highest BCUT2D eigenvalue weighted by Gasteiger charge is 2.14. The predicted molar refractivity (Wildman–Crippen MR) is 79.3 cm³/mol. The number of hydrogen-bond acceptors (Lipinski definition) is 3. The van der Waals surface area contributed by atoms with Crippen LogP contribution in [0.5, 0.6) is 0 Å². The van der Waals surface area contributed by atoms with Gasteiger partial charge in [-0.25, -0.2) is 0 Å². The third-order valence-electron chi connectivity index (χ3n) is 2.72. The maximum absolute atomic E-state index is 11.9. The zero-order valence-electron chi connectivity index (χ0n) is 10.4. The quantitative estimate of drug-likeness (QED) is 0.499. The average molecular weight is 338 g/mol. The standard InChI is InChI=1S/C13H12BrN3O3/c14-6-5-9-1-3-10(4-2-9)16-13(18)12-7-11(8-15-12)17(19)20/h1-4,7-8,15H,5-6H2,(H,16,18). The molecule has 0 saturated carbocycles. The van der Waals surface area contributed by atoms with Crippen LogP contribution < -0.4 is 5.32 Å². The molecule has 6 nitrogen and oxygen atoms in total. The molecule has 0 saturated heterocycles. The molecule has 20 heavy (non-hydrogen) atoms. The fourth-order valence-corrected chi connectivity index (χ4v) is 2.14. The van der Waals surface area contributed by atoms with Gasteiger partial charge in [0.05, 0.1) is 11.1 Å². The molecule has 0 aliphatic carbocycles. The van der Waals surface area contributed by atoms with Gasteiger partial charge in [-0.3, -0.25) is 14.9 Å². The summed E-state index contributed by atoms with van der Waals surface area (Å²) in [4.78, 5) is 24.5. The van der Waals surface area contributed by atoms with Gasteiger partial charge < -0.3 is 10.3 Å². The maximum atomic E-state index is 11.9. The molecule has 2 N–H and O–H groups in total. The highest BCUT2D eigenvalue weighted by molar-refractivity contribution is 9.09. The van der Waals surface area contributed by atoms with Crippen LogP contribution in [0.25, 0.3) is 0 Å². The smallest absolute Gasteiger partial charge is 0.287 e. The van der Waals surface area contributed by atoms with Gasteiger partial charge in [-0.1, -0.05) is 28.1 Å². The molecule has 0 bridgehead atoms. The number of halogens is 1.